The van der Waals surface area contributed by atoms with Gasteiger partial charge in [0.15, 0.2) is 0 Å². The highest BCUT2D eigenvalue weighted by Gasteiger charge is 2.40. The molecule has 0 aromatic rings. The topological polar surface area (TPSA) is 66.4 Å². The van der Waals surface area contributed by atoms with Gasteiger partial charge in [-0.25, -0.2) is 0 Å². The molecule has 0 bridgehead atoms. The minimum Gasteiger partial charge on any atom is -0.481 e. The van der Waals surface area contributed by atoms with Crippen molar-refractivity contribution in [3.05, 3.63) is 0 Å². The quantitative estimate of drug-likeness (QED) is 0.780. The maximum absolute atomic E-state index is 12.3. The van der Waals surface area contributed by atoms with Gasteiger partial charge in [-0.15, -0.1) is 0 Å². The van der Waals surface area contributed by atoms with Crippen molar-refractivity contribution in [2.45, 2.75) is 83.6 Å². The second-order valence-corrected chi connectivity index (χ2v) is 7.21. The van der Waals surface area contributed by atoms with Crippen LogP contribution in [-0.2, 0) is 9.59 Å². The number of carboxylic acids is 1. The van der Waals surface area contributed by atoms with E-state index in [4.69, 9.17) is 0 Å². The van der Waals surface area contributed by atoms with Gasteiger partial charge in [0.05, 0.1) is 5.41 Å². The maximum Gasteiger partial charge on any atom is 0.310 e. The van der Waals surface area contributed by atoms with Crippen LogP contribution in [0.3, 0.4) is 0 Å². The Kier molecular flexibility index (Phi) is 5.65. The fourth-order valence-corrected chi connectivity index (χ4v) is 4.02. The van der Waals surface area contributed by atoms with Crippen LogP contribution in [0.15, 0.2) is 0 Å². The molecule has 0 heterocycles. The van der Waals surface area contributed by atoms with E-state index >= 15 is 0 Å². The Bertz CT molecular complexity index is 372. The fourth-order valence-electron chi connectivity index (χ4n) is 4.02. The molecule has 2 fully saturated rings. The minimum absolute atomic E-state index is 0.0570. The number of carboxylic acid groups (broad SMARTS) is 1. The molecule has 21 heavy (non-hydrogen) atoms. The summed E-state index contributed by atoms with van der Waals surface area (Å²) < 4.78 is 0. The van der Waals surface area contributed by atoms with E-state index in [1.165, 1.54) is 6.42 Å². The summed E-state index contributed by atoms with van der Waals surface area (Å²) in [5.74, 6) is -0.176. The molecule has 2 unspecified atom stereocenters. The Labute approximate surface area is 127 Å². The van der Waals surface area contributed by atoms with Crippen LogP contribution in [-0.4, -0.2) is 23.0 Å². The number of rotatable bonds is 4. The molecule has 2 atom stereocenters. The van der Waals surface area contributed by atoms with Crippen LogP contribution in [0, 0.1) is 11.3 Å². The Morgan fingerprint density at radius 1 is 1.10 bits per heavy atom. The summed E-state index contributed by atoms with van der Waals surface area (Å²) in [6.45, 7) is 2.22. The average molecular weight is 295 g/mol. The molecule has 0 saturated heterocycles. The minimum atomic E-state index is -0.819. The Morgan fingerprint density at radius 2 is 1.76 bits per heavy atom. The first-order chi connectivity index (χ1) is 10.0. The van der Waals surface area contributed by atoms with Crippen molar-refractivity contribution in [1.29, 1.82) is 0 Å². The lowest BCUT2D eigenvalue weighted by Crippen LogP contribution is -2.42. The highest BCUT2D eigenvalue weighted by atomic mass is 16.4. The van der Waals surface area contributed by atoms with Crippen LogP contribution >= 0.6 is 0 Å². The first-order valence-corrected chi connectivity index (χ1v) is 8.55. The third kappa shape index (κ3) is 4.45. The van der Waals surface area contributed by atoms with Crippen molar-refractivity contribution in [3.63, 3.8) is 0 Å². The summed E-state index contributed by atoms with van der Waals surface area (Å²) in [5, 5.41) is 12.7. The largest absolute Gasteiger partial charge is 0.481 e. The van der Waals surface area contributed by atoms with E-state index in [9.17, 15) is 14.7 Å². The third-order valence-corrected chi connectivity index (χ3v) is 5.31. The Morgan fingerprint density at radius 3 is 2.33 bits per heavy atom. The number of carbonyl (C=O) groups excluding carboxylic acids is 1. The average Bonchev–Trinajstić information content (AvgIpc) is 2.65. The number of nitrogens with one attached hydrogen (secondary N) is 1. The molecule has 0 spiro atoms. The van der Waals surface area contributed by atoms with Crippen LogP contribution in [0.5, 0.6) is 0 Å². The van der Waals surface area contributed by atoms with Gasteiger partial charge in [0.1, 0.15) is 0 Å². The van der Waals surface area contributed by atoms with Gasteiger partial charge in [-0.05, 0) is 31.6 Å². The highest BCUT2D eigenvalue weighted by Crippen LogP contribution is 2.38. The number of carbonyl (C=O) groups is 2. The van der Waals surface area contributed by atoms with Crippen molar-refractivity contribution in [2.24, 2.45) is 11.3 Å². The molecule has 1 amide bonds. The standard InChI is InChI=1S/C17H29NO3/c1-13-7-6-8-14(11-13)18-15(19)12-17(16(20)21)9-4-2-3-5-10-17/h13-14H,2-12H2,1H3,(H,18,19)(H,20,21). The molecule has 2 saturated carbocycles. The summed E-state index contributed by atoms with van der Waals surface area (Å²) in [4.78, 5) is 24.1. The van der Waals surface area contributed by atoms with E-state index in [0.29, 0.717) is 18.8 Å². The van der Waals surface area contributed by atoms with Gasteiger partial charge in [-0.1, -0.05) is 45.4 Å². The molecule has 2 aliphatic rings. The van der Waals surface area contributed by atoms with E-state index < -0.39 is 11.4 Å². The molecule has 2 aliphatic carbocycles. The van der Waals surface area contributed by atoms with E-state index in [1.807, 2.05) is 0 Å². The lowest BCUT2D eigenvalue weighted by Gasteiger charge is -2.31. The summed E-state index contributed by atoms with van der Waals surface area (Å²) in [6.07, 6.45) is 9.98. The van der Waals surface area contributed by atoms with Gasteiger partial charge < -0.3 is 10.4 Å². The highest BCUT2D eigenvalue weighted by molar-refractivity contribution is 5.85. The Balaban J connectivity index is 1.93. The van der Waals surface area contributed by atoms with Crippen LogP contribution in [0.1, 0.15) is 77.6 Å². The molecule has 120 valence electrons. The smallest absolute Gasteiger partial charge is 0.310 e. The fraction of sp³-hybridized carbons (Fsp3) is 0.882. The first-order valence-electron chi connectivity index (χ1n) is 8.55. The van der Waals surface area contributed by atoms with E-state index in [-0.39, 0.29) is 18.4 Å². The Hall–Kier alpha value is -1.06. The SMILES string of the molecule is CC1CCCC(NC(=O)CC2(C(=O)O)CCCCCC2)C1. The third-order valence-electron chi connectivity index (χ3n) is 5.31. The normalized spacial score (nSPS) is 29.4. The molecule has 0 aliphatic heterocycles. The van der Waals surface area contributed by atoms with Crippen LogP contribution in [0.25, 0.3) is 0 Å². The van der Waals surface area contributed by atoms with Gasteiger partial charge in [0, 0.05) is 12.5 Å². The molecular formula is C17H29NO3. The maximum atomic E-state index is 12.3. The first kappa shape index (κ1) is 16.3. The van der Waals surface area contributed by atoms with Crippen molar-refractivity contribution >= 4 is 11.9 Å². The zero-order chi connectivity index (χ0) is 15.3. The van der Waals surface area contributed by atoms with Gasteiger partial charge in [0.25, 0.3) is 0 Å². The summed E-state index contributed by atoms with van der Waals surface area (Å²) in [5.41, 5.74) is -0.819. The molecule has 4 nitrogen and oxygen atoms in total. The van der Waals surface area contributed by atoms with E-state index in [0.717, 1.165) is 44.9 Å². The van der Waals surface area contributed by atoms with Crippen molar-refractivity contribution in [3.8, 4) is 0 Å². The summed E-state index contributed by atoms with van der Waals surface area (Å²) in [7, 11) is 0. The van der Waals surface area contributed by atoms with E-state index in [2.05, 4.69) is 12.2 Å². The second kappa shape index (κ2) is 7.28. The van der Waals surface area contributed by atoms with Crippen LogP contribution in [0.2, 0.25) is 0 Å². The molecule has 2 N–H and O–H groups in total. The molecular weight excluding hydrogens is 266 g/mol. The molecule has 4 heteroatoms. The van der Waals surface area contributed by atoms with Crippen LogP contribution < -0.4 is 5.32 Å². The van der Waals surface area contributed by atoms with Gasteiger partial charge in [0.2, 0.25) is 5.91 Å². The van der Waals surface area contributed by atoms with Crippen molar-refractivity contribution in [2.75, 3.05) is 0 Å². The van der Waals surface area contributed by atoms with Gasteiger partial charge in [-0.2, -0.15) is 0 Å². The number of hydrogen-bond acceptors (Lipinski definition) is 2. The lowest BCUT2D eigenvalue weighted by atomic mass is 9.77. The molecule has 0 aromatic carbocycles. The van der Waals surface area contributed by atoms with Gasteiger partial charge in [-0.3, -0.25) is 9.59 Å². The zero-order valence-corrected chi connectivity index (χ0v) is 13.2. The number of amides is 1. The van der Waals surface area contributed by atoms with E-state index in [1.54, 1.807) is 0 Å². The van der Waals surface area contributed by atoms with Gasteiger partial charge >= 0.3 is 5.97 Å². The molecule has 0 aromatic heterocycles. The zero-order valence-electron chi connectivity index (χ0n) is 13.2. The monoisotopic (exact) mass is 295 g/mol. The van der Waals surface area contributed by atoms with Crippen molar-refractivity contribution < 1.29 is 14.7 Å². The second-order valence-electron chi connectivity index (χ2n) is 7.21. The van der Waals surface area contributed by atoms with Crippen molar-refractivity contribution in [1.82, 2.24) is 5.32 Å². The molecule has 0 radical (unpaired) electrons. The predicted octanol–water partition coefficient (Wildman–Crippen LogP) is 3.50. The number of hydrogen-bond donors (Lipinski definition) is 2. The lowest BCUT2D eigenvalue weighted by molar-refractivity contribution is -0.153. The summed E-state index contributed by atoms with van der Waals surface area (Å²) >= 11 is 0. The predicted molar refractivity (Wildman–Crippen MR) is 82.0 cm³/mol. The van der Waals surface area contributed by atoms with Crippen LogP contribution in [0.4, 0.5) is 0 Å². The number of aliphatic carboxylic acids is 1. The molecule has 2 rings (SSSR count). The summed E-state index contributed by atoms with van der Waals surface area (Å²) in [6, 6.07) is 0.248.